The van der Waals surface area contributed by atoms with Gasteiger partial charge in [-0.15, -0.1) is 11.3 Å². The molecule has 0 amide bonds. The highest BCUT2D eigenvalue weighted by Gasteiger charge is 2.23. The van der Waals surface area contributed by atoms with Crippen LogP contribution in [0.25, 0.3) is 21.3 Å². The summed E-state index contributed by atoms with van der Waals surface area (Å²) in [6.07, 6.45) is 1.89. The van der Waals surface area contributed by atoms with Crippen LogP contribution in [0, 0.1) is 0 Å². The molecule has 1 aromatic carbocycles. The molecule has 0 saturated heterocycles. The Morgan fingerprint density at radius 1 is 1.27 bits per heavy atom. The lowest BCUT2D eigenvalue weighted by molar-refractivity contribution is -0.147. The molecule has 2 heterocycles. The summed E-state index contributed by atoms with van der Waals surface area (Å²) in [6, 6.07) is 6.82. The zero-order valence-electron chi connectivity index (χ0n) is 14.9. The van der Waals surface area contributed by atoms with E-state index in [4.69, 9.17) is 9.47 Å². The molecule has 7 heteroatoms. The molecular formula is C19H20N2O4S. The Morgan fingerprint density at radius 2 is 2.00 bits per heavy atom. The van der Waals surface area contributed by atoms with Gasteiger partial charge >= 0.3 is 5.97 Å². The summed E-state index contributed by atoms with van der Waals surface area (Å²) in [5.74, 6) is 0.330. The topological polar surface area (TPSA) is 70.4 Å². The molecule has 0 spiro atoms. The van der Waals surface area contributed by atoms with E-state index in [-0.39, 0.29) is 12.2 Å². The summed E-state index contributed by atoms with van der Waals surface area (Å²) in [4.78, 5) is 30.3. The number of fused-ring (bicyclic) bond motifs is 1. The Hall–Kier alpha value is -2.67. The smallest absolute Gasteiger partial charge is 0.329 e. The van der Waals surface area contributed by atoms with E-state index < -0.39 is 12.0 Å². The Balaban J connectivity index is 2.13. The number of hydrogen-bond donors (Lipinski definition) is 0. The SMILES string of the molecule is CCOC(=O)[C@@H](CC)n1cnc2scc(-c3ccc(OC)cc3)c2c1=O. The Bertz CT molecular complexity index is 975. The Morgan fingerprint density at radius 3 is 2.62 bits per heavy atom. The lowest BCUT2D eigenvalue weighted by atomic mass is 10.1. The minimum Gasteiger partial charge on any atom is -0.497 e. The molecule has 3 aromatic rings. The van der Waals surface area contributed by atoms with Crippen LogP contribution in [0.15, 0.2) is 40.8 Å². The van der Waals surface area contributed by atoms with E-state index in [9.17, 15) is 9.59 Å². The van der Waals surface area contributed by atoms with Gasteiger partial charge in [0.2, 0.25) is 0 Å². The summed E-state index contributed by atoms with van der Waals surface area (Å²) in [5, 5.41) is 2.43. The molecule has 0 bridgehead atoms. The van der Waals surface area contributed by atoms with Gasteiger partial charge in [-0.2, -0.15) is 0 Å². The summed E-state index contributed by atoms with van der Waals surface area (Å²) in [7, 11) is 1.61. The largest absolute Gasteiger partial charge is 0.497 e. The van der Waals surface area contributed by atoms with Crippen LogP contribution in [-0.2, 0) is 9.53 Å². The normalized spacial score (nSPS) is 12.1. The number of rotatable bonds is 6. The molecule has 0 N–H and O–H groups in total. The molecule has 0 radical (unpaired) electrons. The lowest BCUT2D eigenvalue weighted by Gasteiger charge is -2.16. The van der Waals surface area contributed by atoms with E-state index in [1.54, 1.807) is 14.0 Å². The summed E-state index contributed by atoms with van der Waals surface area (Å²) in [5.41, 5.74) is 1.47. The summed E-state index contributed by atoms with van der Waals surface area (Å²) in [6.45, 7) is 3.86. The second-order valence-electron chi connectivity index (χ2n) is 5.69. The molecule has 0 aliphatic carbocycles. The van der Waals surface area contributed by atoms with E-state index in [2.05, 4.69) is 4.98 Å². The first-order chi connectivity index (χ1) is 12.6. The van der Waals surface area contributed by atoms with E-state index >= 15 is 0 Å². The highest BCUT2D eigenvalue weighted by Crippen LogP contribution is 2.32. The number of nitrogens with zero attached hydrogens (tertiary/aromatic N) is 2. The van der Waals surface area contributed by atoms with Crippen molar-refractivity contribution in [2.75, 3.05) is 13.7 Å². The molecule has 6 nitrogen and oxygen atoms in total. The number of esters is 1. The number of thiophene rings is 1. The molecule has 26 heavy (non-hydrogen) atoms. The van der Waals surface area contributed by atoms with Gasteiger partial charge in [-0.25, -0.2) is 9.78 Å². The van der Waals surface area contributed by atoms with Crippen molar-refractivity contribution in [2.24, 2.45) is 0 Å². The van der Waals surface area contributed by atoms with Crippen molar-refractivity contribution in [3.05, 3.63) is 46.3 Å². The fourth-order valence-electron chi connectivity index (χ4n) is 2.87. The second-order valence-corrected chi connectivity index (χ2v) is 6.55. The van der Waals surface area contributed by atoms with Crippen LogP contribution in [0.5, 0.6) is 5.75 Å². The Kier molecular flexibility index (Phi) is 5.37. The highest BCUT2D eigenvalue weighted by atomic mass is 32.1. The van der Waals surface area contributed by atoms with Crippen molar-refractivity contribution in [3.63, 3.8) is 0 Å². The molecule has 0 aliphatic heterocycles. The number of carbonyl (C=O) groups excluding carboxylic acids is 1. The van der Waals surface area contributed by atoms with Crippen molar-refractivity contribution in [1.82, 2.24) is 9.55 Å². The zero-order chi connectivity index (χ0) is 18.7. The van der Waals surface area contributed by atoms with Crippen LogP contribution in [0.4, 0.5) is 0 Å². The van der Waals surface area contributed by atoms with Crippen LogP contribution >= 0.6 is 11.3 Å². The molecule has 0 unspecified atom stereocenters. The third-order valence-electron chi connectivity index (χ3n) is 4.20. The number of benzene rings is 1. The lowest BCUT2D eigenvalue weighted by Crippen LogP contribution is -2.31. The highest BCUT2D eigenvalue weighted by molar-refractivity contribution is 7.17. The maximum absolute atomic E-state index is 13.1. The first kappa shape index (κ1) is 18.1. The van der Waals surface area contributed by atoms with Crippen LogP contribution in [0.1, 0.15) is 26.3 Å². The molecule has 0 saturated carbocycles. The first-order valence-corrected chi connectivity index (χ1v) is 9.28. The van der Waals surface area contributed by atoms with Gasteiger partial charge in [0, 0.05) is 10.9 Å². The number of hydrogen-bond acceptors (Lipinski definition) is 6. The van der Waals surface area contributed by atoms with Gasteiger partial charge < -0.3 is 9.47 Å². The summed E-state index contributed by atoms with van der Waals surface area (Å²) >= 11 is 1.41. The third-order valence-corrected chi connectivity index (χ3v) is 5.09. The number of carbonyl (C=O) groups is 1. The number of ether oxygens (including phenoxy) is 2. The van der Waals surface area contributed by atoms with Gasteiger partial charge in [-0.05, 0) is 31.0 Å². The van der Waals surface area contributed by atoms with Crippen LogP contribution in [-0.4, -0.2) is 29.2 Å². The Labute approximate surface area is 155 Å². The average Bonchev–Trinajstić information content (AvgIpc) is 3.09. The first-order valence-electron chi connectivity index (χ1n) is 8.40. The van der Waals surface area contributed by atoms with Crippen LogP contribution in [0.2, 0.25) is 0 Å². The van der Waals surface area contributed by atoms with Gasteiger partial charge in [0.05, 0.1) is 25.4 Å². The van der Waals surface area contributed by atoms with Gasteiger partial charge in [0.25, 0.3) is 5.56 Å². The van der Waals surface area contributed by atoms with Crippen molar-refractivity contribution in [2.45, 2.75) is 26.3 Å². The van der Waals surface area contributed by atoms with E-state index in [0.29, 0.717) is 16.6 Å². The quantitative estimate of drug-likeness (QED) is 0.618. The van der Waals surface area contributed by atoms with Crippen LogP contribution in [0.3, 0.4) is 0 Å². The van der Waals surface area contributed by atoms with Gasteiger partial charge in [-0.1, -0.05) is 19.1 Å². The van der Waals surface area contributed by atoms with E-state index in [1.807, 2.05) is 36.6 Å². The molecular weight excluding hydrogens is 352 g/mol. The second kappa shape index (κ2) is 7.70. The molecule has 0 aliphatic rings. The fraction of sp³-hybridized carbons (Fsp3) is 0.316. The standard InChI is InChI=1S/C19H20N2O4S/c1-4-15(19(23)25-5-2)21-11-20-17-16(18(21)22)14(10-26-17)12-6-8-13(24-3)9-7-12/h6-11,15H,4-5H2,1-3H3/t15-/m1/s1. The maximum atomic E-state index is 13.1. The minimum atomic E-state index is -0.678. The van der Waals surface area contributed by atoms with Gasteiger partial charge in [-0.3, -0.25) is 9.36 Å². The average molecular weight is 372 g/mol. The predicted molar refractivity (Wildman–Crippen MR) is 102 cm³/mol. The van der Waals surface area contributed by atoms with Crippen molar-refractivity contribution in [1.29, 1.82) is 0 Å². The van der Waals surface area contributed by atoms with E-state index in [0.717, 1.165) is 16.9 Å². The number of aromatic nitrogens is 2. The molecule has 1 atom stereocenters. The zero-order valence-corrected chi connectivity index (χ0v) is 15.7. The molecule has 136 valence electrons. The van der Waals surface area contributed by atoms with Gasteiger partial charge in [0.15, 0.2) is 0 Å². The maximum Gasteiger partial charge on any atom is 0.329 e. The van der Waals surface area contributed by atoms with Gasteiger partial charge in [0.1, 0.15) is 16.6 Å². The van der Waals surface area contributed by atoms with Crippen molar-refractivity contribution in [3.8, 4) is 16.9 Å². The molecule has 3 rings (SSSR count). The van der Waals surface area contributed by atoms with Crippen LogP contribution < -0.4 is 10.3 Å². The minimum absolute atomic E-state index is 0.234. The summed E-state index contributed by atoms with van der Waals surface area (Å²) < 4.78 is 11.7. The van der Waals surface area contributed by atoms with Crippen molar-refractivity contribution >= 4 is 27.5 Å². The third kappa shape index (κ3) is 3.22. The fourth-order valence-corrected chi connectivity index (χ4v) is 3.77. The van der Waals surface area contributed by atoms with E-state index in [1.165, 1.54) is 22.2 Å². The van der Waals surface area contributed by atoms with Crippen molar-refractivity contribution < 1.29 is 14.3 Å². The monoisotopic (exact) mass is 372 g/mol. The molecule has 2 aromatic heterocycles. The molecule has 0 fully saturated rings. The predicted octanol–water partition coefficient (Wildman–Crippen LogP) is 3.65. The number of methoxy groups -OCH3 is 1.